The van der Waals surface area contributed by atoms with Gasteiger partial charge in [-0.3, -0.25) is 4.79 Å². The molecule has 21 heavy (non-hydrogen) atoms. The molecule has 3 rings (SSSR count). The molecule has 0 saturated carbocycles. The molecule has 0 spiro atoms. The van der Waals surface area contributed by atoms with E-state index in [-0.39, 0.29) is 16.8 Å². The average Bonchev–Trinajstić information content (AvgIpc) is 2.48. The maximum Gasteiger partial charge on any atom is 0.251 e. The zero-order valence-corrected chi connectivity index (χ0v) is 12.5. The van der Waals surface area contributed by atoms with Gasteiger partial charge in [-0.25, -0.2) is 13.1 Å². The van der Waals surface area contributed by atoms with Crippen molar-refractivity contribution in [2.45, 2.75) is 30.2 Å². The highest BCUT2D eigenvalue weighted by Crippen LogP contribution is 2.19. The van der Waals surface area contributed by atoms with Crippen LogP contribution in [0.25, 0.3) is 0 Å². The lowest BCUT2D eigenvalue weighted by Gasteiger charge is -2.24. The number of amides is 1. The highest BCUT2D eigenvalue weighted by atomic mass is 32.2. The number of piperidine rings is 1. The highest BCUT2D eigenvalue weighted by molar-refractivity contribution is 7.89. The molecule has 1 fully saturated rings. The SMILES string of the molecule is O=C1NCCc2ccc(S(=O)(=O)NC3CCCNC3)cc21. The highest BCUT2D eigenvalue weighted by Gasteiger charge is 2.24. The number of sulfonamides is 1. The summed E-state index contributed by atoms with van der Waals surface area (Å²) in [5, 5.41) is 5.91. The average molecular weight is 309 g/mol. The minimum absolute atomic E-state index is 0.0893. The Morgan fingerprint density at radius 1 is 1.24 bits per heavy atom. The molecule has 0 aliphatic carbocycles. The van der Waals surface area contributed by atoms with Crippen LogP contribution in [0.2, 0.25) is 0 Å². The Morgan fingerprint density at radius 3 is 2.86 bits per heavy atom. The van der Waals surface area contributed by atoms with Crippen molar-refractivity contribution in [2.24, 2.45) is 0 Å². The number of hydrogen-bond acceptors (Lipinski definition) is 4. The summed E-state index contributed by atoms with van der Waals surface area (Å²) in [5.41, 5.74) is 1.36. The number of nitrogens with one attached hydrogen (secondary N) is 3. The van der Waals surface area contributed by atoms with Gasteiger partial charge < -0.3 is 10.6 Å². The van der Waals surface area contributed by atoms with Gasteiger partial charge in [0.2, 0.25) is 10.0 Å². The second-order valence-corrected chi connectivity index (χ2v) is 7.20. The molecule has 1 saturated heterocycles. The minimum atomic E-state index is -3.59. The van der Waals surface area contributed by atoms with Crippen LogP contribution >= 0.6 is 0 Å². The maximum absolute atomic E-state index is 12.4. The Kier molecular flexibility index (Phi) is 3.97. The van der Waals surface area contributed by atoms with Crippen LogP contribution in [-0.4, -0.2) is 40.0 Å². The lowest BCUT2D eigenvalue weighted by molar-refractivity contribution is 0.0946. The molecule has 3 N–H and O–H groups in total. The van der Waals surface area contributed by atoms with Gasteiger partial charge >= 0.3 is 0 Å². The molecule has 1 aromatic rings. The van der Waals surface area contributed by atoms with Crippen LogP contribution in [0, 0.1) is 0 Å². The molecule has 6 nitrogen and oxygen atoms in total. The van der Waals surface area contributed by atoms with Crippen LogP contribution in [-0.2, 0) is 16.4 Å². The van der Waals surface area contributed by atoms with Crippen LogP contribution in [0.3, 0.4) is 0 Å². The molecular formula is C14H19N3O3S. The van der Waals surface area contributed by atoms with Gasteiger partial charge in [-0.05, 0) is 43.5 Å². The Morgan fingerprint density at radius 2 is 2.10 bits per heavy atom. The Labute approximate surface area is 124 Å². The fraction of sp³-hybridized carbons (Fsp3) is 0.500. The Balaban J connectivity index is 1.85. The molecule has 114 valence electrons. The molecule has 1 atom stereocenters. The third-order valence-electron chi connectivity index (χ3n) is 3.93. The third-order valence-corrected chi connectivity index (χ3v) is 5.45. The molecule has 7 heteroatoms. The van der Waals surface area contributed by atoms with Crippen molar-refractivity contribution in [3.05, 3.63) is 29.3 Å². The van der Waals surface area contributed by atoms with E-state index in [4.69, 9.17) is 0 Å². The van der Waals surface area contributed by atoms with E-state index in [0.29, 0.717) is 18.7 Å². The van der Waals surface area contributed by atoms with Gasteiger partial charge in [-0.1, -0.05) is 6.07 Å². The monoisotopic (exact) mass is 309 g/mol. The van der Waals surface area contributed by atoms with Gasteiger partial charge in [0.05, 0.1) is 4.90 Å². The molecule has 0 bridgehead atoms. The summed E-state index contributed by atoms with van der Waals surface area (Å²) < 4.78 is 27.6. The molecule has 0 aromatic heterocycles. The molecule has 2 aliphatic rings. The topological polar surface area (TPSA) is 87.3 Å². The first-order valence-corrected chi connectivity index (χ1v) is 8.69. The van der Waals surface area contributed by atoms with Crippen molar-refractivity contribution in [3.63, 3.8) is 0 Å². The first kappa shape index (κ1) is 14.5. The van der Waals surface area contributed by atoms with E-state index in [9.17, 15) is 13.2 Å². The number of rotatable bonds is 3. The minimum Gasteiger partial charge on any atom is -0.352 e. The predicted octanol–water partition coefficient (Wildman–Crippen LogP) is 0.00280. The van der Waals surface area contributed by atoms with Crippen LogP contribution in [0.15, 0.2) is 23.1 Å². The largest absolute Gasteiger partial charge is 0.352 e. The van der Waals surface area contributed by atoms with Crippen molar-refractivity contribution in [3.8, 4) is 0 Å². The number of hydrogen-bond donors (Lipinski definition) is 3. The zero-order chi connectivity index (χ0) is 14.9. The normalized spacial score (nSPS) is 22.5. The predicted molar refractivity (Wildman–Crippen MR) is 78.7 cm³/mol. The Hall–Kier alpha value is -1.44. The molecule has 1 amide bonds. The summed E-state index contributed by atoms with van der Waals surface area (Å²) in [6, 6.07) is 4.70. The van der Waals surface area contributed by atoms with E-state index in [0.717, 1.165) is 31.4 Å². The van der Waals surface area contributed by atoms with Gasteiger partial charge in [-0.15, -0.1) is 0 Å². The van der Waals surface area contributed by atoms with Gasteiger partial charge in [0, 0.05) is 24.7 Å². The van der Waals surface area contributed by atoms with Gasteiger partial charge in [0.1, 0.15) is 0 Å². The summed E-state index contributed by atoms with van der Waals surface area (Å²) in [6.45, 7) is 2.17. The number of carbonyl (C=O) groups excluding carboxylic acids is 1. The lowest BCUT2D eigenvalue weighted by Crippen LogP contribution is -2.45. The van der Waals surface area contributed by atoms with E-state index in [1.165, 1.54) is 6.07 Å². The number of benzene rings is 1. The van der Waals surface area contributed by atoms with E-state index < -0.39 is 10.0 Å². The summed E-state index contributed by atoms with van der Waals surface area (Å²) >= 11 is 0. The fourth-order valence-corrected chi connectivity index (χ4v) is 4.09. The molecule has 0 radical (unpaired) electrons. The first-order chi connectivity index (χ1) is 10.1. The van der Waals surface area contributed by atoms with Gasteiger partial charge in [0.15, 0.2) is 0 Å². The van der Waals surface area contributed by atoms with Crippen molar-refractivity contribution in [1.29, 1.82) is 0 Å². The number of carbonyl (C=O) groups is 1. The second-order valence-electron chi connectivity index (χ2n) is 5.49. The summed E-state index contributed by atoms with van der Waals surface area (Å²) in [5.74, 6) is -0.201. The van der Waals surface area contributed by atoms with Crippen molar-refractivity contribution < 1.29 is 13.2 Å². The smallest absolute Gasteiger partial charge is 0.251 e. The molecular weight excluding hydrogens is 290 g/mol. The molecule has 2 aliphatic heterocycles. The maximum atomic E-state index is 12.4. The number of fused-ring (bicyclic) bond motifs is 1. The zero-order valence-electron chi connectivity index (χ0n) is 11.7. The van der Waals surface area contributed by atoms with Crippen LogP contribution < -0.4 is 15.4 Å². The summed E-state index contributed by atoms with van der Waals surface area (Å²) in [4.78, 5) is 12.0. The standard InChI is InChI=1S/C14H19N3O3S/c18-14-13-8-12(4-3-10(13)5-7-16-14)21(19,20)17-11-2-1-6-15-9-11/h3-4,8,11,15,17H,1-2,5-7,9H2,(H,16,18). The van der Waals surface area contributed by atoms with E-state index >= 15 is 0 Å². The van der Waals surface area contributed by atoms with Crippen molar-refractivity contribution in [2.75, 3.05) is 19.6 Å². The Bertz CT molecular complexity index is 651. The van der Waals surface area contributed by atoms with Gasteiger partial charge in [0.25, 0.3) is 5.91 Å². The van der Waals surface area contributed by atoms with E-state index in [1.54, 1.807) is 12.1 Å². The van der Waals surface area contributed by atoms with Gasteiger partial charge in [-0.2, -0.15) is 0 Å². The van der Waals surface area contributed by atoms with Crippen LogP contribution in [0.4, 0.5) is 0 Å². The molecule has 2 heterocycles. The van der Waals surface area contributed by atoms with E-state index in [1.807, 2.05) is 0 Å². The second kappa shape index (κ2) is 5.75. The fourth-order valence-electron chi connectivity index (χ4n) is 2.80. The van der Waals surface area contributed by atoms with E-state index in [2.05, 4.69) is 15.4 Å². The lowest BCUT2D eigenvalue weighted by atomic mass is 10.0. The van der Waals surface area contributed by atoms with Crippen molar-refractivity contribution in [1.82, 2.24) is 15.4 Å². The van der Waals surface area contributed by atoms with Crippen LogP contribution in [0.5, 0.6) is 0 Å². The molecule has 1 aromatic carbocycles. The summed E-state index contributed by atoms with van der Waals surface area (Å²) in [6.07, 6.45) is 2.53. The van der Waals surface area contributed by atoms with Crippen molar-refractivity contribution >= 4 is 15.9 Å². The third kappa shape index (κ3) is 3.09. The molecule has 1 unspecified atom stereocenters. The first-order valence-electron chi connectivity index (χ1n) is 7.20. The summed E-state index contributed by atoms with van der Waals surface area (Å²) in [7, 11) is -3.59. The van der Waals surface area contributed by atoms with Crippen LogP contribution in [0.1, 0.15) is 28.8 Å². The quantitative estimate of drug-likeness (QED) is 0.733.